The van der Waals surface area contributed by atoms with Crippen LogP contribution in [0.4, 0.5) is 0 Å². The van der Waals surface area contributed by atoms with Gasteiger partial charge in [0.25, 0.3) is 0 Å². The molecule has 0 atom stereocenters. The highest BCUT2D eigenvalue weighted by atomic mass is 127. The molecular weight excluding hydrogens is 433 g/mol. The number of amides is 1. The number of rotatable bonds is 12. The average molecular weight is 465 g/mol. The van der Waals surface area contributed by atoms with Crippen LogP contribution in [0.3, 0.4) is 0 Å². The minimum Gasteiger partial charge on any atom is -0.380 e. The van der Waals surface area contributed by atoms with Crippen molar-refractivity contribution in [2.75, 3.05) is 43.2 Å². The highest BCUT2D eigenvalue weighted by Crippen LogP contribution is 1.91. The van der Waals surface area contributed by atoms with Gasteiger partial charge in [0.1, 0.15) is 0 Å². The fraction of sp³-hybridized carbons (Fsp3) is 0.800. The molecule has 0 spiro atoms. The quantitative estimate of drug-likeness (QED) is 0.272. The van der Waals surface area contributed by atoms with Crippen LogP contribution in [0, 0.1) is 0 Å². The van der Waals surface area contributed by atoms with Crippen LogP contribution in [0.2, 0.25) is 0 Å². The lowest BCUT2D eigenvalue weighted by atomic mass is 10.5. The highest BCUT2D eigenvalue weighted by Gasteiger charge is 2.02. The van der Waals surface area contributed by atoms with Crippen LogP contribution >= 0.6 is 22.6 Å². The molecule has 1 N–H and O–H groups in total. The largest absolute Gasteiger partial charge is 0.380 e. The molecule has 0 aromatic carbocycles. The molecule has 1 amide bonds. The summed E-state index contributed by atoms with van der Waals surface area (Å²) in [7, 11) is -3.06. The van der Waals surface area contributed by atoms with E-state index >= 15 is 0 Å². The van der Waals surface area contributed by atoms with Gasteiger partial charge in [-0.25, -0.2) is 8.42 Å². The minimum atomic E-state index is -3.06. The first-order valence-corrected chi connectivity index (χ1v) is 10.5. The molecule has 0 heterocycles. The molecule has 0 aliphatic rings. The Bertz CT molecular complexity index is 374. The maximum absolute atomic E-state index is 10.8. The van der Waals surface area contributed by atoms with Gasteiger partial charge < -0.3 is 14.8 Å². The summed E-state index contributed by atoms with van der Waals surface area (Å²) in [5.41, 5.74) is 0. The summed E-state index contributed by atoms with van der Waals surface area (Å²) < 4.78 is 32.2. The second kappa shape index (κ2) is 19.9. The first-order chi connectivity index (χ1) is 10.4. The lowest BCUT2D eigenvalue weighted by Gasteiger charge is -2.02. The van der Waals surface area contributed by atoms with Crippen molar-refractivity contribution in [2.24, 2.45) is 0 Å². The Balaban J connectivity index is -0.000000333. The SMILES string of the molecule is C.C=CS(=O)(=O)CCOCCC.CCCOCCNC(=O)CI. The predicted octanol–water partition coefficient (Wildman–Crippen LogP) is 2.57. The van der Waals surface area contributed by atoms with Crippen molar-refractivity contribution in [1.29, 1.82) is 0 Å². The molecule has 0 aliphatic carbocycles. The van der Waals surface area contributed by atoms with Crippen molar-refractivity contribution in [3.63, 3.8) is 0 Å². The highest BCUT2D eigenvalue weighted by molar-refractivity contribution is 14.1. The average Bonchev–Trinajstić information content (AvgIpc) is 2.52. The third-order valence-electron chi connectivity index (χ3n) is 2.15. The molecule has 0 fully saturated rings. The molecule has 0 aromatic rings. The Labute approximate surface area is 155 Å². The van der Waals surface area contributed by atoms with Crippen LogP contribution in [0.5, 0.6) is 0 Å². The third-order valence-corrected chi connectivity index (χ3v) is 4.09. The number of carbonyl (C=O) groups excluding carboxylic acids is 1. The summed E-state index contributed by atoms with van der Waals surface area (Å²) in [5, 5.41) is 3.68. The van der Waals surface area contributed by atoms with Gasteiger partial charge in [0.15, 0.2) is 9.84 Å². The summed E-state index contributed by atoms with van der Waals surface area (Å²) in [6.45, 7) is 10.1. The molecular formula is C15H32INO5S. The van der Waals surface area contributed by atoms with Gasteiger partial charge in [-0.05, 0) is 12.8 Å². The number of sulfone groups is 1. The van der Waals surface area contributed by atoms with Gasteiger partial charge in [0.2, 0.25) is 5.91 Å². The van der Waals surface area contributed by atoms with E-state index in [2.05, 4.69) is 18.8 Å². The molecule has 0 aromatic heterocycles. The van der Waals surface area contributed by atoms with E-state index < -0.39 is 9.84 Å². The van der Waals surface area contributed by atoms with Crippen molar-refractivity contribution < 1.29 is 22.7 Å². The van der Waals surface area contributed by atoms with Gasteiger partial charge in [0, 0.05) is 25.2 Å². The molecule has 0 saturated carbocycles. The second-order valence-electron chi connectivity index (χ2n) is 4.24. The molecule has 23 heavy (non-hydrogen) atoms. The molecule has 0 radical (unpaired) electrons. The molecule has 0 bridgehead atoms. The Morgan fingerprint density at radius 1 is 1.13 bits per heavy atom. The fourth-order valence-corrected chi connectivity index (χ4v) is 1.85. The second-order valence-corrected chi connectivity index (χ2v) is 7.07. The van der Waals surface area contributed by atoms with Crippen molar-refractivity contribution >= 4 is 38.3 Å². The van der Waals surface area contributed by atoms with E-state index in [0.717, 1.165) is 24.9 Å². The van der Waals surface area contributed by atoms with Crippen molar-refractivity contribution in [3.05, 3.63) is 12.0 Å². The molecule has 0 unspecified atom stereocenters. The van der Waals surface area contributed by atoms with E-state index in [9.17, 15) is 13.2 Å². The van der Waals surface area contributed by atoms with E-state index in [0.29, 0.717) is 24.2 Å². The lowest BCUT2D eigenvalue weighted by Crippen LogP contribution is -2.27. The van der Waals surface area contributed by atoms with Crippen LogP contribution in [-0.4, -0.2) is 57.5 Å². The number of hydrogen-bond acceptors (Lipinski definition) is 5. The topological polar surface area (TPSA) is 81.7 Å². The molecule has 0 saturated heterocycles. The third kappa shape index (κ3) is 24.2. The first-order valence-electron chi connectivity index (χ1n) is 7.26. The van der Waals surface area contributed by atoms with Crippen LogP contribution < -0.4 is 5.32 Å². The van der Waals surface area contributed by atoms with Crippen LogP contribution in [0.1, 0.15) is 34.1 Å². The number of alkyl halides is 1. The van der Waals surface area contributed by atoms with Crippen LogP contribution in [0.15, 0.2) is 12.0 Å². The Morgan fingerprint density at radius 3 is 2.09 bits per heavy atom. The smallest absolute Gasteiger partial charge is 0.229 e. The number of carbonyl (C=O) groups is 1. The Kier molecular flexibility index (Phi) is 23.9. The molecule has 8 heteroatoms. The van der Waals surface area contributed by atoms with Gasteiger partial charge in [0.05, 0.1) is 23.4 Å². The number of hydrogen-bond donors (Lipinski definition) is 1. The van der Waals surface area contributed by atoms with E-state index in [1.165, 1.54) is 0 Å². The van der Waals surface area contributed by atoms with Crippen molar-refractivity contribution in [1.82, 2.24) is 5.32 Å². The van der Waals surface area contributed by atoms with E-state index in [4.69, 9.17) is 9.47 Å². The fourth-order valence-electron chi connectivity index (χ4n) is 1.06. The normalized spacial score (nSPS) is 10.0. The summed E-state index contributed by atoms with van der Waals surface area (Å²) in [6, 6.07) is 0. The summed E-state index contributed by atoms with van der Waals surface area (Å²) in [5.74, 6) is 0.113. The Hall–Kier alpha value is -0.190. The van der Waals surface area contributed by atoms with Gasteiger partial charge in [-0.1, -0.05) is 50.4 Å². The minimum absolute atomic E-state index is 0. The van der Waals surface area contributed by atoms with E-state index in [1.54, 1.807) is 0 Å². The monoisotopic (exact) mass is 465 g/mol. The van der Waals surface area contributed by atoms with Gasteiger partial charge in [-0.3, -0.25) is 4.79 Å². The summed E-state index contributed by atoms with van der Waals surface area (Å²) >= 11 is 2.03. The molecule has 140 valence electrons. The zero-order valence-electron chi connectivity index (χ0n) is 13.5. The van der Waals surface area contributed by atoms with Crippen molar-refractivity contribution in [3.8, 4) is 0 Å². The zero-order valence-corrected chi connectivity index (χ0v) is 16.4. The summed E-state index contributed by atoms with van der Waals surface area (Å²) in [4.78, 5) is 10.7. The zero-order chi connectivity index (χ0) is 17.3. The number of nitrogens with one attached hydrogen (secondary N) is 1. The number of ether oxygens (including phenoxy) is 2. The summed E-state index contributed by atoms with van der Waals surface area (Å²) in [6.07, 6.45) is 1.94. The first kappa shape index (κ1) is 27.6. The number of halogens is 1. The maximum atomic E-state index is 10.8. The molecule has 6 nitrogen and oxygen atoms in total. The predicted molar refractivity (Wildman–Crippen MR) is 105 cm³/mol. The van der Waals surface area contributed by atoms with Gasteiger partial charge in [-0.15, -0.1) is 0 Å². The van der Waals surface area contributed by atoms with Crippen LogP contribution in [0.25, 0.3) is 0 Å². The van der Waals surface area contributed by atoms with Gasteiger partial charge in [-0.2, -0.15) is 0 Å². The lowest BCUT2D eigenvalue weighted by molar-refractivity contribution is -0.118. The maximum Gasteiger partial charge on any atom is 0.229 e. The van der Waals surface area contributed by atoms with Crippen molar-refractivity contribution in [2.45, 2.75) is 34.1 Å². The molecule has 0 rings (SSSR count). The molecule has 0 aliphatic heterocycles. The van der Waals surface area contributed by atoms with E-state index in [-0.39, 0.29) is 25.7 Å². The standard InChI is InChI=1S/C7H14INO2.C7H14O3S.CH4/c1-2-4-11-5-3-9-7(10)6-8;1-3-5-10-6-7-11(8,9)4-2;/h2-6H2,1H3,(H,9,10);4H,2-3,5-7H2,1H3;1H4. The Morgan fingerprint density at radius 2 is 1.65 bits per heavy atom. The van der Waals surface area contributed by atoms with E-state index in [1.807, 2.05) is 29.5 Å². The van der Waals surface area contributed by atoms with Gasteiger partial charge >= 0.3 is 0 Å². The van der Waals surface area contributed by atoms with Crippen LogP contribution in [-0.2, 0) is 24.1 Å².